The number of benzene rings is 1. The van der Waals surface area contributed by atoms with Crippen molar-refractivity contribution in [3.05, 3.63) is 35.9 Å². The molecule has 1 atom stereocenters. The Kier molecular flexibility index (Phi) is 4.18. The van der Waals surface area contributed by atoms with Crippen molar-refractivity contribution >= 4 is 0 Å². The smallest absolute Gasteiger partial charge is 0.000777 e. The number of hydrogen-bond acceptors (Lipinski definition) is 2. The maximum absolute atomic E-state index is 3.54. The van der Waals surface area contributed by atoms with E-state index in [0.29, 0.717) is 0 Å². The predicted octanol–water partition coefficient (Wildman–Crippen LogP) is 1.43. The van der Waals surface area contributed by atoms with E-state index in [1.165, 1.54) is 31.6 Å². The van der Waals surface area contributed by atoms with Gasteiger partial charge in [0.05, 0.1) is 0 Å². The summed E-state index contributed by atoms with van der Waals surface area (Å²) in [4.78, 5) is 0. The molecule has 1 fully saturated rings. The molecule has 82 valence electrons. The lowest BCUT2D eigenvalue weighted by atomic mass is 10.1. The van der Waals surface area contributed by atoms with Crippen molar-refractivity contribution in [1.82, 2.24) is 10.6 Å². The summed E-state index contributed by atoms with van der Waals surface area (Å²) in [5.74, 6) is 0.848. The van der Waals surface area contributed by atoms with E-state index in [9.17, 15) is 0 Å². The number of nitrogens with one attached hydrogen (secondary N) is 2. The van der Waals surface area contributed by atoms with Crippen molar-refractivity contribution in [2.45, 2.75) is 12.8 Å². The van der Waals surface area contributed by atoms with Crippen LogP contribution in [-0.2, 0) is 6.42 Å². The highest BCUT2D eigenvalue weighted by atomic mass is 14.9. The van der Waals surface area contributed by atoms with E-state index in [-0.39, 0.29) is 0 Å². The van der Waals surface area contributed by atoms with E-state index in [1.54, 1.807) is 0 Å². The molecule has 2 N–H and O–H groups in total. The number of hydrogen-bond donors (Lipinski definition) is 2. The highest BCUT2D eigenvalue weighted by Gasteiger charge is 2.12. The van der Waals surface area contributed by atoms with Crippen LogP contribution in [0.25, 0.3) is 0 Å². The minimum absolute atomic E-state index is 0.848. The van der Waals surface area contributed by atoms with Crippen LogP contribution in [0.2, 0.25) is 0 Å². The van der Waals surface area contributed by atoms with Crippen LogP contribution in [0.4, 0.5) is 0 Å². The molecule has 0 spiro atoms. The van der Waals surface area contributed by atoms with E-state index in [2.05, 4.69) is 41.0 Å². The van der Waals surface area contributed by atoms with Gasteiger partial charge in [0, 0.05) is 0 Å². The second-order valence-corrected chi connectivity index (χ2v) is 4.30. The average molecular weight is 204 g/mol. The third-order valence-corrected chi connectivity index (χ3v) is 3.03. The van der Waals surface area contributed by atoms with Crippen LogP contribution < -0.4 is 10.6 Å². The summed E-state index contributed by atoms with van der Waals surface area (Å²) in [5.41, 5.74) is 1.43. The topological polar surface area (TPSA) is 24.1 Å². The summed E-state index contributed by atoms with van der Waals surface area (Å²) in [6.07, 6.45) is 2.47. The molecule has 0 aromatic heterocycles. The Labute approximate surface area is 92.1 Å². The summed E-state index contributed by atoms with van der Waals surface area (Å²) >= 11 is 0. The number of rotatable bonds is 5. The fraction of sp³-hybridized carbons (Fsp3) is 0.538. The molecule has 0 radical (unpaired) electrons. The third kappa shape index (κ3) is 3.65. The van der Waals surface area contributed by atoms with Crippen molar-refractivity contribution in [2.75, 3.05) is 26.2 Å². The van der Waals surface area contributed by atoms with Gasteiger partial charge < -0.3 is 10.6 Å². The van der Waals surface area contributed by atoms with Gasteiger partial charge >= 0.3 is 0 Å². The zero-order valence-corrected chi connectivity index (χ0v) is 9.21. The maximum Gasteiger partial charge on any atom is -0.000777 e. The van der Waals surface area contributed by atoms with Gasteiger partial charge in [-0.1, -0.05) is 30.3 Å². The summed E-state index contributed by atoms with van der Waals surface area (Å²) in [5, 5.41) is 6.93. The first-order chi connectivity index (χ1) is 7.45. The largest absolute Gasteiger partial charge is 0.316 e. The van der Waals surface area contributed by atoms with Gasteiger partial charge in [0.1, 0.15) is 0 Å². The molecular weight excluding hydrogens is 184 g/mol. The lowest BCUT2D eigenvalue weighted by Gasteiger charge is -2.09. The summed E-state index contributed by atoms with van der Waals surface area (Å²) in [6.45, 7) is 4.66. The Hall–Kier alpha value is -0.860. The Bertz CT molecular complexity index is 265. The molecule has 0 aliphatic carbocycles. The molecular formula is C13H20N2. The van der Waals surface area contributed by atoms with Crippen LogP contribution in [0.15, 0.2) is 30.3 Å². The van der Waals surface area contributed by atoms with E-state index < -0.39 is 0 Å². The van der Waals surface area contributed by atoms with Gasteiger partial charge in [0.15, 0.2) is 0 Å². The van der Waals surface area contributed by atoms with E-state index in [0.717, 1.165) is 18.9 Å². The summed E-state index contributed by atoms with van der Waals surface area (Å²) < 4.78 is 0. The van der Waals surface area contributed by atoms with Gasteiger partial charge in [-0.05, 0) is 50.5 Å². The van der Waals surface area contributed by atoms with Crippen LogP contribution in [-0.4, -0.2) is 26.2 Å². The van der Waals surface area contributed by atoms with Crippen molar-refractivity contribution < 1.29 is 0 Å². The molecule has 2 nitrogen and oxygen atoms in total. The quantitative estimate of drug-likeness (QED) is 0.709. The SMILES string of the molecule is c1ccc(CCNC[C@@H]2CCNC2)cc1. The molecule has 1 aromatic carbocycles. The second-order valence-electron chi connectivity index (χ2n) is 4.30. The zero-order valence-electron chi connectivity index (χ0n) is 9.21. The molecule has 2 rings (SSSR count). The highest BCUT2D eigenvalue weighted by Crippen LogP contribution is 2.05. The molecule has 15 heavy (non-hydrogen) atoms. The van der Waals surface area contributed by atoms with Gasteiger partial charge in [0.25, 0.3) is 0 Å². The molecule has 0 unspecified atom stereocenters. The lowest BCUT2D eigenvalue weighted by molar-refractivity contribution is 0.515. The van der Waals surface area contributed by atoms with Gasteiger partial charge in [-0.2, -0.15) is 0 Å². The van der Waals surface area contributed by atoms with Crippen LogP contribution >= 0.6 is 0 Å². The maximum atomic E-state index is 3.54. The highest BCUT2D eigenvalue weighted by molar-refractivity contribution is 5.14. The molecule has 1 saturated heterocycles. The summed E-state index contributed by atoms with van der Waals surface area (Å²) in [7, 11) is 0. The molecule has 0 bridgehead atoms. The van der Waals surface area contributed by atoms with Gasteiger partial charge in [-0.3, -0.25) is 0 Å². The van der Waals surface area contributed by atoms with Crippen LogP contribution in [0, 0.1) is 5.92 Å². The normalized spacial score (nSPS) is 20.7. The molecule has 1 aliphatic heterocycles. The Morgan fingerprint density at radius 1 is 1.27 bits per heavy atom. The van der Waals surface area contributed by atoms with E-state index >= 15 is 0 Å². The van der Waals surface area contributed by atoms with Crippen molar-refractivity contribution in [3.8, 4) is 0 Å². The summed E-state index contributed by atoms with van der Waals surface area (Å²) in [6, 6.07) is 10.7. The minimum atomic E-state index is 0.848. The van der Waals surface area contributed by atoms with Crippen molar-refractivity contribution in [3.63, 3.8) is 0 Å². The molecule has 1 aliphatic rings. The Balaban J connectivity index is 1.59. The van der Waals surface area contributed by atoms with Gasteiger partial charge in [-0.15, -0.1) is 0 Å². The van der Waals surface area contributed by atoms with Gasteiger partial charge in [-0.25, -0.2) is 0 Å². The second kappa shape index (κ2) is 5.89. The fourth-order valence-electron chi connectivity index (χ4n) is 2.07. The first-order valence-corrected chi connectivity index (χ1v) is 5.90. The van der Waals surface area contributed by atoms with Crippen LogP contribution in [0.5, 0.6) is 0 Å². The molecule has 1 heterocycles. The standard InChI is InChI=1S/C13H20N2/c1-2-4-12(5-3-1)6-8-14-10-13-7-9-15-11-13/h1-5,13-15H,6-11H2/t13-/m0/s1. The van der Waals surface area contributed by atoms with Crippen LogP contribution in [0.3, 0.4) is 0 Å². The first-order valence-electron chi connectivity index (χ1n) is 5.90. The average Bonchev–Trinajstić information content (AvgIpc) is 2.79. The lowest BCUT2D eigenvalue weighted by Crippen LogP contribution is -2.26. The Morgan fingerprint density at radius 2 is 2.13 bits per heavy atom. The zero-order chi connectivity index (χ0) is 10.3. The van der Waals surface area contributed by atoms with Crippen molar-refractivity contribution in [1.29, 1.82) is 0 Å². The van der Waals surface area contributed by atoms with E-state index in [1.807, 2.05) is 0 Å². The third-order valence-electron chi connectivity index (χ3n) is 3.03. The van der Waals surface area contributed by atoms with Crippen molar-refractivity contribution in [2.24, 2.45) is 5.92 Å². The monoisotopic (exact) mass is 204 g/mol. The molecule has 1 aromatic rings. The van der Waals surface area contributed by atoms with E-state index in [4.69, 9.17) is 0 Å². The minimum Gasteiger partial charge on any atom is -0.316 e. The molecule has 0 saturated carbocycles. The predicted molar refractivity (Wildman–Crippen MR) is 64.0 cm³/mol. The van der Waals surface area contributed by atoms with Crippen LogP contribution in [0.1, 0.15) is 12.0 Å². The molecule has 2 heteroatoms. The molecule has 0 amide bonds. The first kappa shape index (κ1) is 10.7. The van der Waals surface area contributed by atoms with Gasteiger partial charge in [0.2, 0.25) is 0 Å². The fourth-order valence-corrected chi connectivity index (χ4v) is 2.07. The Morgan fingerprint density at radius 3 is 2.87 bits per heavy atom.